The van der Waals surface area contributed by atoms with Gasteiger partial charge in [0.05, 0.1) is 18.8 Å². The maximum absolute atomic E-state index is 13.5. The number of urea groups is 1. The van der Waals surface area contributed by atoms with Crippen LogP contribution >= 0.6 is 0 Å². The molecular formula is C22H25FN4O3. The van der Waals surface area contributed by atoms with E-state index in [0.29, 0.717) is 38.4 Å². The molecular weight excluding hydrogens is 387 g/mol. The zero-order valence-corrected chi connectivity index (χ0v) is 16.9. The maximum Gasteiger partial charge on any atom is 0.317 e. The summed E-state index contributed by atoms with van der Waals surface area (Å²) in [5.41, 5.74) is 1.54. The quantitative estimate of drug-likeness (QED) is 0.838. The SMILES string of the molecule is COc1ccccc1N1CCN(C(=O)N[C@H]2CC(=O)N(c3cccc(F)c3)C2)CC1. The molecule has 1 atom stereocenters. The lowest BCUT2D eigenvalue weighted by Gasteiger charge is -2.37. The van der Waals surface area contributed by atoms with Crippen LogP contribution in [0.4, 0.5) is 20.6 Å². The lowest BCUT2D eigenvalue weighted by Crippen LogP contribution is -2.54. The Morgan fingerprint density at radius 3 is 2.60 bits per heavy atom. The standard InChI is InChI=1S/C22H25FN4O3/c1-30-20-8-3-2-7-19(20)25-9-11-26(12-10-25)22(29)24-17-14-21(28)27(15-17)18-6-4-5-16(23)13-18/h2-8,13,17H,9-12,14-15H2,1H3,(H,24,29)/t17-/m0/s1. The molecule has 8 heteroatoms. The van der Waals surface area contributed by atoms with Crippen molar-refractivity contribution in [3.63, 3.8) is 0 Å². The summed E-state index contributed by atoms with van der Waals surface area (Å²) in [5, 5.41) is 2.96. The van der Waals surface area contributed by atoms with Gasteiger partial charge >= 0.3 is 6.03 Å². The number of para-hydroxylation sites is 2. The van der Waals surface area contributed by atoms with Crippen molar-refractivity contribution in [1.82, 2.24) is 10.2 Å². The predicted molar refractivity (Wildman–Crippen MR) is 112 cm³/mol. The number of methoxy groups -OCH3 is 1. The van der Waals surface area contributed by atoms with E-state index in [-0.39, 0.29) is 30.2 Å². The molecule has 0 aliphatic carbocycles. The van der Waals surface area contributed by atoms with Crippen LogP contribution in [0, 0.1) is 5.82 Å². The van der Waals surface area contributed by atoms with Crippen LogP contribution in [0.3, 0.4) is 0 Å². The minimum absolute atomic E-state index is 0.119. The number of ether oxygens (including phenoxy) is 1. The molecule has 2 fully saturated rings. The second-order valence-electron chi connectivity index (χ2n) is 7.48. The van der Waals surface area contributed by atoms with Crippen molar-refractivity contribution in [2.45, 2.75) is 12.5 Å². The van der Waals surface area contributed by atoms with E-state index >= 15 is 0 Å². The van der Waals surface area contributed by atoms with E-state index < -0.39 is 0 Å². The van der Waals surface area contributed by atoms with E-state index in [2.05, 4.69) is 10.2 Å². The summed E-state index contributed by atoms with van der Waals surface area (Å²) >= 11 is 0. The first kappa shape index (κ1) is 20.0. The zero-order chi connectivity index (χ0) is 21.1. The number of nitrogens with zero attached hydrogens (tertiary/aromatic N) is 3. The highest BCUT2D eigenvalue weighted by Gasteiger charge is 2.33. The van der Waals surface area contributed by atoms with Crippen LogP contribution in [0.1, 0.15) is 6.42 Å². The van der Waals surface area contributed by atoms with Gasteiger partial charge in [0.2, 0.25) is 5.91 Å². The number of halogens is 1. The topological polar surface area (TPSA) is 65.1 Å². The monoisotopic (exact) mass is 412 g/mol. The maximum atomic E-state index is 13.5. The van der Waals surface area contributed by atoms with E-state index in [1.807, 2.05) is 24.3 Å². The highest BCUT2D eigenvalue weighted by molar-refractivity contribution is 5.96. The van der Waals surface area contributed by atoms with E-state index in [1.54, 1.807) is 24.1 Å². The normalized spacial score (nSPS) is 19.2. The van der Waals surface area contributed by atoms with Gasteiger partial charge in [0.15, 0.2) is 0 Å². The minimum atomic E-state index is -0.388. The molecule has 0 saturated carbocycles. The first-order valence-corrected chi connectivity index (χ1v) is 10.0. The molecule has 2 aromatic rings. The molecule has 2 aliphatic rings. The Bertz CT molecular complexity index is 930. The fraction of sp³-hybridized carbons (Fsp3) is 0.364. The number of hydrogen-bond acceptors (Lipinski definition) is 4. The van der Waals surface area contributed by atoms with Gasteiger partial charge in [-0.3, -0.25) is 4.79 Å². The molecule has 1 N–H and O–H groups in total. The molecule has 3 amide bonds. The zero-order valence-electron chi connectivity index (χ0n) is 16.9. The summed E-state index contributed by atoms with van der Waals surface area (Å²) < 4.78 is 18.9. The molecule has 2 aromatic carbocycles. The van der Waals surface area contributed by atoms with Crippen molar-refractivity contribution < 1.29 is 18.7 Å². The van der Waals surface area contributed by atoms with Gasteiger partial charge in [0, 0.05) is 44.8 Å². The van der Waals surface area contributed by atoms with Gasteiger partial charge in [-0.15, -0.1) is 0 Å². The van der Waals surface area contributed by atoms with E-state index in [0.717, 1.165) is 11.4 Å². The number of anilines is 2. The molecule has 158 valence electrons. The van der Waals surface area contributed by atoms with Crippen LogP contribution in [-0.4, -0.2) is 62.7 Å². The molecule has 0 spiro atoms. The third-order valence-electron chi connectivity index (χ3n) is 5.57. The molecule has 2 saturated heterocycles. The van der Waals surface area contributed by atoms with Gasteiger partial charge in [0.25, 0.3) is 0 Å². The highest BCUT2D eigenvalue weighted by Crippen LogP contribution is 2.28. The fourth-order valence-electron chi connectivity index (χ4n) is 4.01. The Labute approximate surface area is 175 Å². The second-order valence-corrected chi connectivity index (χ2v) is 7.48. The van der Waals surface area contributed by atoms with Crippen molar-refractivity contribution in [3.8, 4) is 5.75 Å². The van der Waals surface area contributed by atoms with E-state index in [9.17, 15) is 14.0 Å². The van der Waals surface area contributed by atoms with Crippen LogP contribution in [-0.2, 0) is 4.79 Å². The van der Waals surface area contributed by atoms with Crippen molar-refractivity contribution in [3.05, 3.63) is 54.3 Å². The number of hydrogen-bond donors (Lipinski definition) is 1. The minimum Gasteiger partial charge on any atom is -0.495 e. The largest absolute Gasteiger partial charge is 0.495 e. The van der Waals surface area contributed by atoms with Crippen molar-refractivity contribution in [2.24, 2.45) is 0 Å². The third kappa shape index (κ3) is 4.17. The van der Waals surface area contributed by atoms with Gasteiger partial charge in [-0.1, -0.05) is 18.2 Å². The fourth-order valence-corrected chi connectivity index (χ4v) is 4.01. The lowest BCUT2D eigenvalue weighted by molar-refractivity contribution is -0.117. The van der Waals surface area contributed by atoms with Gasteiger partial charge in [-0.25, -0.2) is 9.18 Å². The number of amides is 3. The van der Waals surface area contributed by atoms with E-state index in [1.165, 1.54) is 17.0 Å². The Kier molecular flexibility index (Phi) is 5.74. The molecule has 4 rings (SSSR count). The highest BCUT2D eigenvalue weighted by atomic mass is 19.1. The van der Waals surface area contributed by atoms with Crippen molar-refractivity contribution in [2.75, 3.05) is 49.6 Å². The Hall–Kier alpha value is -3.29. The summed E-state index contributed by atoms with van der Waals surface area (Å²) in [4.78, 5) is 30.5. The van der Waals surface area contributed by atoms with Crippen molar-refractivity contribution in [1.29, 1.82) is 0 Å². The van der Waals surface area contributed by atoms with Crippen LogP contribution in [0.25, 0.3) is 0 Å². The van der Waals surface area contributed by atoms with Crippen LogP contribution < -0.4 is 19.9 Å². The number of benzene rings is 2. The molecule has 2 aliphatic heterocycles. The summed E-state index contributed by atoms with van der Waals surface area (Å²) in [7, 11) is 1.65. The molecule has 7 nitrogen and oxygen atoms in total. The molecule has 0 unspecified atom stereocenters. The Morgan fingerprint density at radius 1 is 1.10 bits per heavy atom. The van der Waals surface area contributed by atoms with Gasteiger partial charge in [0.1, 0.15) is 11.6 Å². The van der Waals surface area contributed by atoms with Gasteiger partial charge < -0.3 is 24.8 Å². The predicted octanol–water partition coefficient (Wildman–Crippen LogP) is 2.47. The average Bonchev–Trinajstić information content (AvgIpc) is 3.13. The molecule has 0 radical (unpaired) electrons. The summed E-state index contributed by atoms with van der Waals surface area (Å²) in [6.45, 7) is 2.91. The third-order valence-corrected chi connectivity index (χ3v) is 5.57. The number of carbonyl (C=O) groups excluding carboxylic acids is 2. The lowest BCUT2D eigenvalue weighted by atomic mass is 10.2. The molecule has 30 heavy (non-hydrogen) atoms. The Balaban J connectivity index is 1.32. The first-order chi connectivity index (χ1) is 14.5. The van der Waals surface area contributed by atoms with Gasteiger partial charge in [-0.05, 0) is 30.3 Å². The van der Waals surface area contributed by atoms with Gasteiger partial charge in [-0.2, -0.15) is 0 Å². The molecule has 2 heterocycles. The second kappa shape index (κ2) is 8.61. The molecule has 0 aromatic heterocycles. The number of carbonyl (C=O) groups is 2. The van der Waals surface area contributed by atoms with Crippen LogP contribution in [0.15, 0.2) is 48.5 Å². The number of rotatable bonds is 4. The van der Waals surface area contributed by atoms with Crippen molar-refractivity contribution >= 4 is 23.3 Å². The average molecular weight is 412 g/mol. The summed E-state index contributed by atoms with van der Waals surface area (Å²) in [6, 6.07) is 13.3. The molecule has 0 bridgehead atoms. The summed E-state index contributed by atoms with van der Waals surface area (Å²) in [6.07, 6.45) is 0.212. The van der Waals surface area contributed by atoms with Crippen LogP contribution in [0.5, 0.6) is 5.75 Å². The number of nitrogens with one attached hydrogen (secondary N) is 1. The smallest absolute Gasteiger partial charge is 0.317 e. The summed E-state index contributed by atoms with van der Waals surface area (Å²) in [5.74, 6) is 0.310. The van der Waals surface area contributed by atoms with Crippen LogP contribution in [0.2, 0.25) is 0 Å². The first-order valence-electron chi connectivity index (χ1n) is 10.0. The Morgan fingerprint density at radius 2 is 1.87 bits per heavy atom. The number of piperazine rings is 1. The van der Waals surface area contributed by atoms with E-state index in [4.69, 9.17) is 4.74 Å².